The molecule has 3 heteroatoms. The monoisotopic (exact) mass is 439 g/mol. The second-order valence-electron chi connectivity index (χ2n) is 9.24. The highest BCUT2D eigenvalue weighted by atomic mass is 16.3. The third-order valence-corrected chi connectivity index (χ3v) is 6.46. The molecule has 0 atom stereocenters. The van der Waals surface area contributed by atoms with Crippen molar-refractivity contribution in [3.05, 3.63) is 42.0 Å². The van der Waals surface area contributed by atoms with Crippen LogP contribution in [0, 0.1) is 0 Å². The van der Waals surface area contributed by atoms with Gasteiger partial charge in [-0.25, -0.2) is 0 Å². The maximum Gasteiger partial charge on any atom is 0.255 e. The zero-order valence-corrected chi connectivity index (χ0v) is 20.3. The smallest absolute Gasteiger partial charge is 0.255 e. The molecule has 0 aliphatic heterocycles. The summed E-state index contributed by atoms with van der Waals surface area (Å²) >= 11 is 0. The second-order valence-corrected chi connectivity index (χ2v) is 9.24. The number of phenolic OH excluding ortho intramolecular Hbond substituents is 1. The Morgan fingerprint density at radius 1 is 0.688 bits per heavy atom. The van der Waals surface area contributed by atoms with Crippen molar-refractivity contribution >= 4 is 16.7 Å². The topological polar surface area (TPSA) is 49.3 Å². The molecule has 0 saturated heterocycles. The number of aromatic hydroxyl groups is 1. The summed E-state index contributed by atoms with van der Waals surface area (Å²) < 4.78 is 0. The van der Waals surface area contributed by atoms with E-state index in [0.717, 1.165) is 23.6 Å². The van der Waals surface area contributed by atoms with Crippen molar-refractivity contribution in [3.8, 4) is 5.75 Å². The molecule has 0 spiro atoms. The lowest BCUT2D eigenvalue weighted by molar-refractivity contribution is 0.0950. The van der Waals surface area contributed by atoms with Gasteiger partial charge < -0.3 is 10.4 Å². The molecular formula is C29H45NO2. The minimum atomic E-state index is -0.186. The van der Waals surface area contributed by atoms with Gasteiger partial charge >= 0.3 is 0 Å². The van der Waals surface area contributed by atoms with Crippen molar-refractivity contribution in [2.45, 2.75) is 110 Å². The fraction of sp³-hybridized carbons (Fsp3) is 0.621. The summed E-state index contributed by atoms with van der Waals surface area (Å²) in [4.78, 5) is 12.4. The minimum Gasteiger partial charge on any atom is -0.506 e. The van der Waals surface area contributed by atoms with E-state index in [2.05, 4.69) is 12.2 Å². The summed E-state index contributed by atoms with van der Waals surface area (Å²) in [5.41, 5.74) is 0.361. The van der Waals surface area contributed by atoms with E-state index in [4.69, 9.17) is 0 Å². The Bertz CT molecular complexity index is 771. The van der Waals surface area contributed by atoms with Crippen LogP contribution in [-0.4, -0.2) is 17.6 Å². The Labute approximate surface area is 196 Å². The van der Waals surface area contributed by atoms with Crippen LogP contribution in [0.4, 0.5) is 0 Å². The van der Waals surface area contributed by atoms with Crippen LogP contribution in [0.3, 0.4) is 0 Å². The van der Waals surface area contributed by atoms with Gasteiger partial charge in [0, 0.05) is 11.9 Å². The Kier molecular flexibility index (Phi) is 13.6. The zero-order chi connectivity index (χ0) is 22.9. The van der Waals surface area contributed by atoms with Crippen LogP contribution in [0.1, 0.15) is 120 Å². The Balaban J connectivity index is 1.41. The van der Waals surface area contributed by atoms with E-state index in [0.29, 0.717) is 12.1 Å². The molecule has 3 nitrogen and oxygen atoms in total. The van der Waals surface area contributed by atoms with Crippen LogP contribution in [0.2, 0.25) is 0 Å². The second kappa shape index (κ2) is 16.6. The standard InChI is InChI=1S/C29H45NO2/c1-2-3-4-5-6-7-8-9-10-11-12-13-14-15-16-19-24-30-29(32)27-23-22-25-20-17-18-21-26(25)28(27)31/h17-18,20-23,31H,2-16,19,24H2,1H3,(H,30,32). The van der Waals surface area contributed by atoms with Gasteiger partial charge in [-0.3, -0.25) is 4.79 Å². The number of phenols is 1. The average Bonchev–Trinajstić information content (AvgIpc) is 2.81. The molecule has 2 N–H and O–H groups in total. The molecule has 0 radical (unpaired) electrons. The van der Waals surface area contributed by atoms with E-state index in [1.54, 1.807) is 6.07 Å². The first kappa shape index (κ1) is 26.2. The van der Waals surface area contributed by atoms with Gasteiger partial charge in [0.25, 0.3) is 5.91 Å². The summed E-state index contributed by atoms with van der Waals surface area (Å²) in [5.74, 6) is -0.109. The number of fused-ring (bicyclic) bond motifs is 1. The molecule has 0 aromatic heterocycles. The molecule has 2 aromatic rings. The number of unbranched alkanes of at least 4 members (excludes halogenated alkanes) is 15. The number of carbonyl (C=O) groups excluding carboxylic acids is 1. The maximum absolute atomic E-state index is 12.4. The van der Waals surface area contributed by atoms with Crippen LogP contribution in [0.25, 0.3) is 10.8 Å². The van der Waals surface area contributed by atoms with Gasteiger partial charge in [0.15, 0.2) is 0 Å². The fourth-order valence-electron chi connectivity index (χ4n) is 4.41. The molecule has 0 heterocycles. The van der Waals surface area contributed by atoms with Gasteiger partial charge in [-0.05, 0) is 17.9 Å². The molecule has 178 valence electrons. The zero-order valence-electron chi connectivity index (χ0n) is 20.3. The van der Waals surface area contributed by atoms with Crippen molar-refractivity contribution in [3.63, 3.8) is 0 Å². The molecule has 0 aliphatic carbocycles. The van der Waals surface area contributed by atoms with Crippen LogP contribution in [0.5, 0.6) is 5.75 Å². The Morgan fingerprint density at radius 2 is 1.19 bits per heavy atom. The summed E-state index contributed by atoms with van der Waals surface area (Å²) in [5, 5.41) is 15.0. The number of rotatable bonds is 18. The molecular weight excluding hydrogens is 394 g/mol. The number of hydrogen-bond donors (Lipinski definition) is 2. The quantitative estimate of drug-likeness (QED) is 0.229. The van der Waals surface area contributed by atoms with E-state index >= 15 is 0 Å². The van der Waals surface area contributed by atoms with Crippen molar-refractivity contribution in [2.75, 3.05) is 6.54 Å². The molecule has 0 bridgehead atoms. The highest BCUT2D eigenvalue weighted by Gasteiger charge is 2.12. The highest BCUT2D eigenvalue weighted by Crippen LogP contribution is 2.28. The first-order valence-electron chi connectivity index (χ1n) is 13.2. The normalized spacial score (nSPS) is 11.2. The lowest BCUT2D eigenvalue weighted by Crippen LogP contribution is -2.24. The van der Waals surface area contributed by atoms with Gasteiger partial charge in [0.1, 0.15) is 5.75 Å². The number of amides is 1. The van der Waals surface area contributed by atoms with Crippen molar-refractivity contribution in [1.29, 1.82) is 0 Å². The van der Waals surface area contributed by atoms with Gasteiger partial charge in [0.2, 0.25) is 0 Å². The molecule has 0 saturated carbocycles. The van der Waals surface area contributed by atoms with Gasteiger partial charge in [-0.15, -0.1) is 0 Å². The van der Waals surface area contributed by atoms with Crippen molar-refractivity contribution < 1.29 is 9.90 Å². The molecule has 32 heavy (non-hydrogen) atoms. The Hall–Kier alpha value is -2.03. The van der Waals surface area contributed by atoms with E-state index in [-0.39, 0.29) is 11.7 Å². The molecule has 0 unspecified atom stereocenters. The first-order chi connectivity index (χ1) is 15.7. The summed E-state index contributed by atoms with van der Waals surface area (Å²) in [6.45, 7) is 2.95. The predicted octanol–water partition coefficient (Wildman–Crippen LogP) is 8.54. The molecule has 1 amide bonds. The number of benzene rings is 2. The van der Waals surface area contributed by atoms with Gasteiger partial charge in [-0.1, -0.05) is 134 Å². The third kappa shape index (κ3) is 10.1. The summed E-state index contributed by atoms with van der Waals surface area (Å²) in [7, 11) is 0. The lowest BCUT2D eigenvalue weighted by Gasteiger charge is -2.09. The molecule has 2 aromatic carbocycles. The SMILES string of the molecule is CCCCCCCCCCCCCCCCCCNC(=O)c1ccc2ccccc2c1O. The van der Waals surface area contributed by atoms with Crippen LogP contribution >= 0.6 is 0 Å². The average molecular weight is 440 g/mol. The number of carbonyl (C=O) groups is 1. The predicted molar refractivity (Wildman–Crippen MR) is 137 cm³/mol. The molecule has 0 aliphatic rings. The molecule has 0 fully saturated rings. The van der Waals surface area contributed by atoms with Crippen molar-refractivity contribution in [2.24, 2.45) is 0 Å². The van der Waals surface area contributed by atoms with Crippen LogP contribution < -0.4 is 5.32 Å². The van der Waals surface area contributed by atoms with E-state index < -0.39 is 0 Å². The van der Waals surface area contributed by atoms with Crippen molar-refractivity contribution in [1.82, 2.24) is 5.32 Å². The number of hydrogen-bond acceptors (Lipinski definition) is 2. The van der Waals surface area contributed by atoms with E-state index in [9.17, 15) is 9.90 Å². The lowest BCUT2D eigenvalue weighted by atomic mass is 10.0. The van der Waals surface area contributed by atoms with Crippen LogP contribution in [0.15, 0.2) is 36.4 Å². The van der Waals surface area contributed by atoms with Gasteiger partial charge in [0.05, 0.1) is 5.56 Å². The van der Waals surface area contributed by atoms with Crippen LogP contribution in [-0.2, 0) is 0 Å². The minimum absolute atomic E-state index is 0.0765. The summed E-state index contributed by atoms with van der Waals surface area (Å²) in [6.07, 6.45) is 21.5. The third-order valence-electron chi connectivity index (χ3n) is 6.46. The largest absolute Gasteiger partial charge is 0.506 e. The maximum atomic E-state index is 12.4. The summed E-state index contributed by atoms with van der Waals surface area (Å²) in [6, 6.07) is 11.2. The fourth-order valence-corrected chi connectivity index (χ4v) is 4.41. The van der Waals surface area contributed by atoms with Gasteiger partial charge in [-0.2, -0.15) is 0 Å². The molecule has 2 rings (SSSR count). The highest BCUT2D eigenvalue weighted by molar-refractivity contribution is 6.03. The number of nitrogens with one attached hydrogen (secondary N) is 1. The first-order valence-corrected chi connectivity index (χ1v) is 13.2. The van der Waals surface area contributed by atoms with E-state index in [1.165, 1.54) is 89.9 Å². The Morgan fingerprint density at radius 3 is 1.75 bits per heavy atom. The van der Waals surface area contributed by atoms with E-state index in [1.807, 2.05) is 30.3 Å².